The predicted molar refractivity (Wildman–Crippen MR) is 77.0 cm³/mol. The maximum absolute atomic E-state index is 11.7. The zero-order valence-electron chi connectivity index (χ0n) is 12.7. The monoisotopic (exact) mass is 299 g/mol. The van der Waals surface area contributed by atoms with Crippen molar-refractivity contribution in [2.75, 3.05) is 52.5 Å². The Morgan fingerprint density at radius 3 is 2.57 bits per heavy atom. The van der Waals surface area contributed by atoms with Crippen molar-refractivity contribution in [1.82, 2.24) is 15.1 Å². The molecule has 0 aromatic heterocycles. The predicted octanol–water partition coefficient (Wildman–Crippen LogP) is 0.0557. The van der Waals surface area contributed by atoms with Crippen LogP contribution in [-0.4, -0.2) is 80.4 Å². The fourth-order valence-corrected chi connectivity index (χ4v) is 2.73. The number of hydrogen-bond acceptors (Lipinski definition) is 6. The van der Waals surface area contributed by atoms with Gasteiger partial charge in [-0.15, -0.1) is 0 Å². The molecule has 0 radical (unpaired) electrons. The smallest absolute Gasteiger partial charge is 0.413 e. The van der Waals surface area contributed by atoms with Crippen molar-refractivity contribution >= 4 is 12.0 Å². The van der Waals surface area contributed by atoms with E-state index in [4.69, 9.17) is 4.74 Å². The highest BCUT2D eigenvalue weighted by Crippen LogP contribution is 2.14. The van der Waals surface area contributed by atoms with Gasteiger partial charge >= 0.3 is 6.09 Å². The zero-order chi connectivity index (χ0) is 15.1. The lowest BCUT2D eigenvalue weighted by atomic mass is 10.2. The number of carbonyl (C=O) groups excluding carboxylic acids is 2. The lowest BCUT2D eigenvalue weighted by Gasteiger charge is -2.35. The number of piperazine rings is 1. The molecule has 0 spiro atoms. The fourth-order valence-electron chi connectivity index (χ4n) is 2.73. The first-order valence-electron chi connectivity index (χ1n) is 7.70. The minimum absolute atomic E-state index is 0.243. The number of amides is 2. The fraction of sp³-hybridized carbons (Fsp3) is 0.857. The van der Waals surface area contributed by atoms with Gasteiger partial charge < -0.3 is 9.47 Å². The molecule has 2 heterocycles. The third-order valence-corrected chi connectivity index (χ3v) is 3.83. The Morgan fingerprint density at radius 1 is 1.24 bits per heavy atom. The molecular formula is C14H25N3O4. The minimum atomic E-state index is -0.667. The molecule has 7 nitrogen and oxygen atoms in total. The van der Waals surface area contributed by atoms with E-state index in [-0.39, 0.29) is 19.1 Å². The number of ether oxygens (including phenoxy) is 2. The van der Waals surface area contributed by atoms with Crippen molar-refractivity contribution < 1.29 is 19.1 Å². The van der Waals surface area contributed by atoms with Crippen LogP contribution < -0.4 is 5.32 Å². The van der Waals surface area contributed by atoms with Gasteiger partial charge in [-0.3, -0.25) is 19.9 Å². The summed E-state index contributed by atoms with van der Waals surface area (Å²) in [5.74, 6) is -0.305. The van der Waals surface area contributed by atoms with Gasteiger partial charge in [0.2, 0.25) is 5.91 Å². The van der Waals surface area contributed by atoms with E-state index in [1.165, 1.54) is 6.42 Å². The number of imide groups is 1. The summed E-state index contributed by atoms with van der Waals surface area (Å²) in [6.45, 7) is 7.64. The van der Waals surface area contributed by atoms with Crippen molar-refractivity contribution in [3.8, 4) is 0 Å². The van der Waals surface area contributed by atoms with E-state index < -0.39 is 6.09 Å². The Bertz CT molecular complexity index is 350. The third kappa shape index (κ3) is 5.61. The largest absolute Gasteiger partial charge is 0.450 e. The topological polar surface area (TPSA) is 71.1 Å². The maximum Gasteiger partial charge on any atom is 0.413 e. The molecule has 1 atom stereocenters. The van der Waals surface area contributed by atoms with Gasteiger partial charge in [0.1, 0.15) is 0 Å². The van der Waals surface area contributed by atoms with Gasteiger partial charge in [-0.05, 0) is 19.8 Å². The van der Waals surface area contributed by atoms with Crippen LogP contribution in [0.5, 0.6) is 0 Å². The first-order chi connectivity index (χ1) is 10.2. The summed E-state index contributed by atoms with van der Waals surface area (Å²) in [7, 11) is 0. The molecule has 0 aliphatic carbocycles. The van der Waals surface area contributed by atoms with E-state index >= 15 is 0 Å². The third-order valence-electron chi connectivity index (χ3n) is 3.83. The number of alkyl carbamates (subject to hydrolysis) is 1. The molecule has 120 valence electrons. The van der Waals surface area contributed by atoms with Crippen molar-refractivity contribution in [2.24, 2.45) is 0 Å². The molecule has 2 saturated heterocycles. The summed E-state index contributed by atoms with van der Waals surface area (Å²) in [6, 6.07) is 0. The minimum Gasteiger partial charge on any atom is -0.450 e. The van der Waals surface area contributed by atoms with Crippen molar-refractivity contribution in [3.05, 3.63) is 0 Å². The van der Waals surface area contributed by atoms with Crippen molar-refractivity contribution in [1.29, 1.82) is 0 Å². The van der Waals surface area contributed by atoms with Crippen LogP contribution in [0.25, 0.3) is 0 Å². The molecule has 7 heteroatoms. The number of nitrogens with one attached hydrogen (secondary N) is 1. The SMILES string of the molecule is CCOC(=O)NC(=O)CN1CCN(C[C@@H]2CCCO2)CC1. The molecule has 1 N–H and O–H groups in total. The van der Waals surface area contributed by atoms with Gasteiger partial charge in [-0.2, -0.15) is 0 Å². The Morgan fingerprint density at radius 2 is 1.95 bits per heavy atom. The van der Waals surface area contributed by atoms with E-state index in [0.29, 0.717) is 6.10 Å². The summed E-state index contributed by atoms with van der Waals surface area (Å²) >= 11 is 0. The van der Waals surface area contributed by atoms with Crippen LogP contribution in [0, 0.1) is 0 Å². The summed E-state index contributed by atoms with van der Waals surface area (Å²) < 4.78 is 10.3. The van der Waals surface area contributed by atoms with Gasteiger partial charge in [0, 0.05) is 39.3 Å². The molecule has 0 aromatic rings. The van der Waals surface area contributed by atoms with Crippen LogP contribution in [0.4, 0.5) is 4.79 Å². The second-order valence-corrected chi connectivity index (χ2v) is 5.48. The Kier molecular flexibility index (Phi) is 6.41. The summed E-state index contributed by atoms with van der Waals surface area (Å²) in [5, 5.41) is 2.22. The highest BCUT2D eigenvalue weighted by molar-refractivity contribution is 5.92. The van der Waals surface area contributed by atoms with Crippen molar-refractivity contribution in [2.45, 2.75) is 25.9 Å². The lowest BCUT2D eigenvalue weighted by molar-refractivity contribution is -0.122. The molecule has 2 fully saturated rings. The standard InChI is InChI=1S/C14H25N3O4/c1-2-20-14(19)15-13(18)11-17-7-5-16(6-8-17)10-12-4-3-9-21-12/h12H,2-11H2,1H3,(H,15,18,19)/t12-/m0/s1. The number of carbonyl (C=O) groups is 2. The molecule has 2 aliphatic rings. The van der Waals surface area contributed by atoms with Gasteiger partial charge in [-0.25, -0.2) is 4.79 Å². The summed E-state index contributed by atoms with van der Waals surface area (Å²) in [4.78, 5) is 27.3. The molecule has 21 heavy (non-hydrogen) atoms. The second kappa shape index (κ2) is 8.31. The van der Waals surface area contributed by atoms with Crippen molar-refractivity contribution in [3.63, 3.8) is 0 Å². The molecule has 2 amide bonds. The van der Waals surface area contributed by atoms with E-state index in [9.17, 15) is 9.59 Å². The molecule has 0 bridgehead atoms. The zero-order valence-corrected chi connectivity index (χ0v) is 12.7. The number of nitrogens with zero attached hydrogens (tertiary/aromatic N) is 2. The molecule has 0 unspecified atom stereocenters. The Hall–Kier alpha value is -1.18. The van der Waals surface area contributed by atoms with Crippen LogP contribution in [0.3, 0.4) is 0 Å². The molecule has 0 aromatic carbocycles. The van der Waals surface area contributed by atoms with Gasteiger partial charge in [0.15, 0.2) is 0 Å². The molecule has 2 rings (SSSR count). The van der Waals surface area contributed by atoms with E-state index in [1.54, 1.807) is 6.92 Å². The first-order valence-corrected chi connectivity index (χ1v) is 7.70. The van der Waals surface area contributed by atoms with Crippen LogP contribution >= 0.6 is 0 Å². The molecule has 0 saturated carbocycles. The quantitative estimate of drug-likeness (QED) is 0.774. The van der Waals surface area contributed by atoms with Gasteiger partial charge in [0.05, 0.1) is 19.3 Å². The van der Waals surface area contributed by atoms with E-state index in [2.05, 4.69) is 19.9 Å². The molecule has 2 aliphatic heterocycles. The van der Waals surface area contributed by atoms with Gasteiger partial charge in [0.25, 0.3) is 0 Å². The maximum atomic E-state index is 11.7. The second-order valence-electron chi connectivity index (χ2n) is 5.48. The Balaban J connectivity index is 1.62. The highest BCUT2D eigenvalue weighted by Gasteiger charge is 2.23. The first kappa shape index (κ1) is 16.2. The number of rotatable bonds is 5. The normalized spacial score (nSPS) is 24.0. The Labute approximate surface area is 125 Å². The van der Waals surface area contributed by atoms with E-state index in [0.717, 1.165) is 45.8 Å². The summed E-state index contributed by atoms with van der Waals surface area (Å²) in [5.41, 5.74) is 0. The van der Waals surface area contributed by atoms with Crippen LogP contribution in [0.1, 0.15) is 19.8 Å². The van der Waals surface area contributed by atoms with Gasteiger partial charge in [-0.1, -0.05) is 0 Å². The van der Waals surface area contributed by atoms with E-state index in [1.807, 2.05) is 0 Å². The number of hydrogen-bond donors (Lipinski definition) is 1. The van der Waals surface area contributed by atoms with Crippen LogP contribution in [0.15, 0.2) is 0 Å². The van der Waals surface area contributed by atoms with Crippen LogP contribution in [-0.2, 0) is 14.3 Å². The molecular weight excluding hydrogens is 274 g/mol. The highest BCUT2D eigenvalue weighted by atomic mass is 16.5. The lowest BCUT2D eigenvalue weighted by Crippen LogP contribution is -2.51. The summed E-state index contributed by atoms with van der Waals surface area (Å²) in [6.07, 6.45) is 2.03. The average Bonchev–Trinajstić information content (AvgIpc) is 2.94. The van der Waals surface area contributed by atoms with Crippen LogP contribution in [0.2, 0.25) is 0 Å². The average molecular weight is 299 g/mol.